The summed E-state index contributed by atoms with van der Waals surface area (Å²) in [4.78, 5) is 12.4. The second-order valence-corrected chi connectivity index (χ2v) is 12.2. The number of benzene rings is 2. The fraction of sp³-hybridized carbons (Fsp3) is 0.211. The number of thiazole rings is 1. The van der Waals surface area contributed by atoms with Crippen molar-refractivity contribution in [3.8, 4) is 0 Å². The number of sulfonamides is 1. The molecule has 30 heavy (non-hydrogen) atoms. The van der Waals surface area contributed by atoms with Crippen molar-refractivity contribution in [2.45, 2.75) is 34.9 Å². The molecule has 11 heteroatoms. The summed E-state index contributed by atoms with van der Waals surface area (Å²) < 4.78 is 31.1. The van der Waals surface area contributed by atoms with Crippen molar-refractivity contribution in [3.63, 3.8) is 0 Å². The maximum atomic E-state index is 12.8. The van der Waals surface area contributed by atoms with Gasteiger partial charge in [-0.1, -0.05) is 78.6 Å². The minimum Gasteiger partial charge on any atom is -0.294 e. The van der Waals surface area contributed by atoms with Crippen LogP contribution < -0.4 is 9.60 Å². The first-order valence-electron chi connectivity index (χ1n) is 9.02. The van der Waals surface area contributed by atoms with Gasteiger partial charge >= 0.3 is 4.87 Å². The van der Waals surface area contributed by atoms with Gasteiger partial charge in [-0.2, -0.15) is 0 Å². The number of nitrogens with one attached hydrogen (secondary N) is 1. The summed E-state index contributed by atoms with van der Waals surface area (Å²) in [6.45, 7) is 4.49. The third-order valence-electron chi connectivity index (χ3n) is 4.10. The van der Waals surface area contributed by atoms with E-state index < -0.39 is 10.0 Å². The van der Waals surface area contributed by atoms with Gasteiger partial charge in [-0.05, 0) is 23.8 Å². The van der Waals surface area contributed by atoms with Crippen LogP contribution in [0.4, 0.5) is 5.13 Å². The number of thioether (sulfide) groups is 1. The zero-order valence-electron chi connectivity index (χ0n) is 16.1. The van der Waals surface area contributed by atoms with Crippen molar-refractivity contribution in [1.29, 1.82) is 0 Å². The molecule has 0 atom stereocenters. The Morgan fingerprint density at radius 3 is 2.60 bits per heavy atom. The van der Waals surface area contributed by atoms with E-state index in [-0.39, 0.29) is 14.9 Å². The van der Waals surface area contributed by atoms with E-state index in [1.807, 2.05) is 44.2 Å². The lowest BCUT2D eigenvalue weighted by Crippen LogP contribution is -2.14. The van der Waals surface area contributed by atoms with Crippen molar-refractivity contribution < 1.29 is 8.42 Å². The third kappa shape index (κ3) is 4.59. The highest BCUT2D eigenvalue weighted by molar-refractivity contribution is 8.01. The first kappa shape index (κ1) is 21.0. The van der Waals surface area contributed by atoms with Crippen molar-refractivity contribution in [3.05, 3.63) is 63.8 Å². The minimum absolute atomic E-state index is 0.0800. The molecule has 4 aromatic rings. The van der Waals surface area contributed by atoms with Crippen LogP contribution in [-0.2, 0) is 16.6 Å². The average Bonchev–Trinajstić information content (AvgIpc) is 3.25. The molecule has 0 amide bonds. The van der Waals surface area contributed by atoms with Crippen molar-refractivity contribution in [2.75, 3.05) is 4.72 Å². The molecule has 0 unspecified atom stereocenters. The van der Waals surface area contributed by atoms with Crippen LogP contribution >= 0.6 is 34.4 Å². The fourth-order valence-electron chi connectivity index (χ4n) is 2.80. The van der Waals surface area contributed by atoms with Crippen LogP contribution in [0.3, 0.4) is 0 Å². The van der Waals surface area contributed by atoms with Crippen LogP contribution in [-0.4, -0.2) is 28.4 Å². The lowest BCUT2D eigenvalue weighted by atomic mass is 10.2. The molecule has 0 saturated carbocycles. The van der Waals surface area contributed by atoms with Gasteiger partial charge in [0.25, 0.3) is 10.0 Å². The summed E-state index contributed by atoms with van der Waals surface area (Å²) in [5.74, 6) is 0. The lowest BCUT2D eigenvalue weighted by molar-refractivity contribution is 0.601. The summed E-state index contributed by atoms with van der Waals surface area (Å²) in [5.41, 5.74) is 1.71. The topological polar surface area (TPSA) is 94.0 Å². The van der Waals surface area contributed by atoms with Gasteiger partial charge in [0.2, 0.25) is 5.13 Å². The predicted molar refractivity (Wildman–Crippen MR) is 123 cm³/mol. The minimum atomic E-state index is -3.84. The van der Waals surface area contributed by atoms with Gasteiger partial charge < -0.3 is 0 Å². The van der Waals surface area contributed by atoms with E-state index in [0.717, 1.165) is 16.9 Å². The molecule has 0 aliphatic rings. The molecule has 2 aromatic carbocycles. The highest BCUT2D eigenvalue weighted by Crippen LogP contribution is 2.30. The Labute approximate surface area is 185 Å². The molecule has 1 N–H and O–H groups in total. The molecule has 0 aliphatic heterocycles. The van der Waals surface area contributed by atoms with Crippen LogP contribution in [0.2, 0.25) is 0 Å². The number of hydrogen-bond acceptors (Lipinski definition) is 8. The molecule has 0 spiro atoms. The Morgan fingerprint density at radius 2 is 1.87 bits per heavy atom. The summed E-state index contributed by atoms with van der Waals surface area (Å²) in [5, 5.41) is 8.46. The number of hydrogen-bond donors (Lipinski definition) is 1. The zero-order chi connectivity index (χ0) is 21.3. The van der Waals surface area contributed by atoms with Crippen molar-refractivity contribution in [1.82, 2.24) is 14.8 Å². The summed E-state index contributed by atoms with van der Waals surface area (Å²) in [6, 6.07) is 14.4. The molecule has 156 valence electrons. The Balaban J connectivity index is 1.61. The molecule has 4 rings (SSSR count). The molecule has 0 radical (unpaired) electrons. The predicted octanol–water partition coefficient (Wildman–Crippen LogP) is 4.26. The normalized spacial score (nSPS) is 12.0. The van der Waals surface area contributed by atoms with E-state index in [0.29, 0.717) is 26.4 Å². The highest BCUT2D eigenvalue weighted by atomic mass is 32.2. The van der Waals surface area contributed by atoms with Gasteiger partial charge in [0.1, 0.15) is 0 Å². The maximum absolute atomic E-state index is 12.8. The number of rotatable bonds is 7. The monoisotopic (exact) mass is 478 g/mol. The SMILES string of the molecule is CC(C)Sc1nnc(NS(=O)(=O)c2ccc3c(c2)sc(=O)n3Cc2ccccc2)s1. The van der Waals surface area contributed by atoms with E-state index in [1.165, 1.54) is 35.2 Å². The number of nitrogens with zero attached hydrogens (tertiary/aromatic N) is 3. The third-order valence-corrected chi connectivity index (χ3v) is 8.43. The van der Waals surface area contributed by atoms with Gasteiger partial charge in [-0.25, -0.2) is 8.42 Å². The summed E-state index contributed by atoms with van der Waals surface area (Å²) in [7, 11) is -3.84. The summed E-state index contributed by atoms with van der Waals surface area (Å²) >= 11 is 3.75. The lowest BCUT2D eigenvalue weighted by Gasteiger charge is -2.06. The van der Waals surface area contributed by atoms with Gasteiger partial charge in [-0.15, -0.1) is 10.2 Å². The van der Waals surface area contributed by atoms with Crippen LogP contribution in [0.15, 0.2) is 62.6 Å². The molecular formula is C19H18N4O3S4. The molecule has 0 saturated heterocycles. The molecule has 0 fully saturated rings. The first-order valence-corrected chi connectivity index (χ1v) is 13.0. The largest absolute Gasteiger partial charge is 0.308 e. The second kappa shape index (κ2) is 8.50. The van der Waals surface area contributed by atoms with E-state index in [2.05, 4.69) is 14.9 Å². The van der Waals surface area contributed by atoms with Crippen LogP contribution in [0.1, 0.15) is 19.4 Å². The van der Waals surface area contributed by atoms with Gasteiger partial charge in [-0.3, -0.25) is 14.1 Å². The second-order valence-electron chi connectivity index (χ2n) is 6.71. The Bertz CT molecular complexity index is 1340. The number of anilines is 1. The first-order chi connectivity index (χ1) is 14.3. The van der Waals surface area contributed by atoms with Gasteiger partial charge in [0, 0.05) is 5.25 Å². The Hall–Kier alpha value is -2.21. The van der Waals surface area contributed by atoms with E-state index in [1.54, 1.807) is 10.6 Å². The van der Waals surface area contributed by atoms with Crippen LogP contribution in [0.5, 0.6) is 0 Å². The molecule has 0 aliphatic carbocycles. The molecule has 0 bridgehead atoms. The average molecular weight is 479 g/mol. The Kier molecular flexibility index (Phi) is 5.96. The zero-order valence-corrected chi connectivity index (χ0v) is 19.4. The standard InChI is InChI=1S/C19H18N4O3S4/c1-12(2)27-18-21-20-17(29-18)22-30(25,26)14-8-9-15-16(10-14)28-19(24)23(15)11-13-6-4-3-5-7-13/h3-10,12H,11H2,1-2H3,(H,20,22). The van der Waals surface area contributed by atoms with Crippen molar-refractivity contribution >= 4 is 59.8 Å². The molecule has 7 nitrogen and oxygen atoms in total. The molecular weight excluding hydrogens is 461 g/mol. The number of fused-ring (bicyclic) bond motifs is 1. The molecule has 2 aromatic heterocycles. The summed E-state index contributed by atoms with van der Waals surface area (Å²) in [6.07, 6.45) is 0. The highest BCUT2D eigenvalue weighted by Gasteiger charge is 2.19. The Morgan fingerprint density at radius 1 is 1.10 bits per heavy atom. The quantitative estimate of drug-likeness (QED) is 0.399. The maximum Gasteiger partial charge on any atom is 0.308 e. The van der Waals surface area contributed by atoms with E-state index in [9.17, 15) is 13.2 Å². The van der Waals surface area contributed by atoms with E-state index in [4.69, 9.17) is 0 Å². The van der Waals surface area contributed by atoms with Gasteiger partial charge in [0.05, 0.1) is 21.7 Å². The van der Waals surface area contributed by atoms with Crippen molar-refractivity contribution in [2.24, 2.45) is 0 Å². The van der Waals surface area contributed by atoms with Crippen LogP contribution in [0, 0.1) is 0 Å². The van der Waals surface area contributed by atoms with Gasteiger partial charge in [0.15, 0.2) is 4.34 Å². The number of aromatic nitrogens is 3. The molecule has 2 heterocycles. The van der Waals surface area contributed by atoms with Crippen LogP contribution in [0.25, 0.3) is 10.2 Å². The smallest absolute Gasteiger partial charge is 0.294 e. The van der Waals surface area contributed by atoms with E-state index >= 15 is 0 Å². The fourth-order valence-corrected chi connectivity index (χ4v) is 7.04.